The summed E-state index contributed by atoms with van der Waals surface area (Å²) in [6.07, 6.45) is 0.425. The zero-order valence-corrected chi connectivity index (χ0v) is 12.8. The van der Waals surface area contributed by atoms with E-state index >= 15 is 0 Å². The predicted molar refractivity (Wildman–Crippen MR) is 80.2 cm³/mol. The minimum Gasteiger partial charge on any atom is -0.383 e. The zero-order chi connectivity index (χ0) is 16.3. The third-order valence-electron chi connectivity index (χ3n) is 3.42. The molecule has 0 spiro atoms. The van der Waals surface area contributed by atoms with Crippen LogP contribution in [0.5, 0.6) is 0 Å². The van der Waals surface area contributed by atoms with Crippen LogP contribution < -0.4 is 16.0 Å². The maximum absolute atomic E-state index is 13.5. The number of nitrogens with two attached hydrogens (primary N) is 1. The predicted octanol–water partition coefficient (Wildman–Crippen LogP) is 0.674. The van der Waals surface area contributed by atoms with Crippen molar-refractivity contribution in [1.82, 2.24) is 5.32 Å². The Bertz CT molecular complexity index is 584. The van der Waals surface area contributed by atoms with Gasteiger partial charge in [0, 0.05) is 19.3 Å². The lowest BCUT2D eigenvalue weighted by Gasteiger charge is -2.18. The molecule has 6 nitrogen and oxygen atoms in total. The molecule has 120 valence electrons. The number of halogens is 2. The minimum atomic E-state index is -0.833. The molecule has 1 aromatic rings. The third kappa shape index (κ3) is 3.55. The van der Waals surface area contributed by atoms with Crippen LogP contribution >= 0.6 is 11.6 Å². The summed E-state index contributed by atoms with van der Waals surface area (Å²) in [5, 5.41) is 2.58. The number of ether oxygens (including phenoxy) is 1. The Morgan fingerprint density at radius 3 is 3.00 bits per heavy atom. The van der Waals surface area contributed by atoms with Gasteiger partial charge in [0.25, 0.3) is 0 Å². The molecule has 2 unspecified atom stereocenters. The average molecular weight is 330 g/mol. The quantitative estimate of drug-likeness (QED) is 0.831. The smallest absolute Gasteiger partial charge is 0.249 e. The lowest BCUT2D eigenvalue weighted by Crippen LogP contribution is -2.50. The molecule has 2 rings (SSSR count). The summed E-state index contributed by atoms with van der Waals surface area (Å²) in [7, 11) is 1.44. The second-order valence-electron chi connectivity index (χ2n) is 5.00. The minimum absolute atomic E-state index is 0.00853. The molecule has 3 N–H and O–H groups in total. The highest BCUT2D eigenvalue weighted by Gasteiger charge is 2.34. The van der Waals surface area contributed by atoms with Gasteiger partial charge in [-0.05, 0) is 24.6 Å². The van der Waals surface area contributed by atoms with E-state index in [1.165, 1.54) is 24.1 Å². The molecule has 1 fully saturated rings. The Labute approximate surface area is 132 Å². The van der Waals surface area contributed by atoms with Crippen molar-refractivity contribution in [3.05, 3.63) is 29.0 Å². The van der Waals surface area contributed by atoms with Crippen LogP contribution in [0.2, 0.25) is 5.02 Å². The summed E-state index contributed by atoms with van der Waals surface area (Å²) < 4.78 is 18.3. The van der Waals surface area contributed by atoms with E-state index in [9.17, 15) is 14.0 Å². The number of anilines is 1. The second-order valence-corrected chi connectivity index (χ2v) is 5.41. The molecule has 0 radical (unpaired) electrons. The molecule has 2 amide bonds. The number of carbonyl (C=O) groups is 2. The van der Waals surface area contributed by atoms with Crippen LogP contribution in [0.25, 0.3) is 0 Å². The molecule has 1 aromatic carbocycles. The van der Waals surface area contributed by atoms with Crippen molar-refractivity contribution in [3.8, 4) is 0 Å². The van der Waals surface area contributed by atoms with Crippen molar-refractivity contribution in [1.29, 1.82) is 0 Å². The summed E-state index contributed by atoms with van der Waals surface area (Å²) in [5.41, 5.74) is 6.01. The van der Waals surface area contributed by atoms with E-state index in [-0.39, 0.29) is 17.5 Å². The summed E-state index contributed by atoms with van der Waals surface area (Å²) >= 11 is 5.62. The normalized spacial score (nSPS) is 19.4. The van der Waals surface area contributed by atoms with E-state index in [0.717, 1.165) is 0 Å². The lowest BCUT2D eigenvalue weighted by atomic mass is 10.2. The van der Waals surface area contributed by atoms with Gasteiger partial charge in [0.15, 0.2) is 0 Å². The van der Waals surface area contributed by atoms with Gasteiger partial charge in [-0.3, -0.25) is 9.59 Å². The van der Waals surface area contributed by atoms with Crippen LogP contribution in [-0.4, -0.2) is 44.2 Å². The first-order valence-corrected chi connectivity index (χ1v) is 7.13. The number of hydrogen-bond donors (Lipinski definition) is 2. The van der Waals surface area contributed by atoms with Gasteiger partial charge >= 0.3 is 0 Å². The monoisotopic (exact) mass is 329 g/mol. The zero-order valence-electron chi connectivity index (χ0n) is 12.0. The molecular weight excluding hydrogens is 313 g/mol. The summed E-state index contributed by atoms with van der Waals surface area (Å²) in [4.78, 5) is 25.5. The maximum atomic E-state index is 13.5. The first-order chi connectivity index (χ1) is 10.4. The lowest BCUT2D eigenvalue weighted by molar-refractivity contribution is -0.128. The number of carbonyl (C=O) groups excluding carboxylic acids is 2. The number of amides is 2. The Kier molecular flexibility index (Phi) is 5.33. The fraction of sp³-hybridized carbons (Fsp3) is 0.429. The van der Waals surface area contributed by atoms with Crippen molar-refractivity contribution in [2.24, 2.45) is 5.73 Å². The standard InChI is InChI=1S/C14H17ClFN3O3/c1-22-7-11(17)13(20)18-12-4-5-19(14(12)21)8-2-3-9(15)10(16)6-8/h2-3,6,11-12H,4-5,7,17H2,1H3,(H,18,20). The molecule has 8 heteroatoms. The van der Waals surface area contributed by atoms with Crippen molar-refractivity contribution < 1.29 is 18.7 Å². The molecule has 0 aromatic heterocycles. The van der Waals surface area contributed by atoms with Gasteiger partial charge in [-0.1, -0.05) is 11.6 Å². The van der Waals surface area contributed by atoms with Crippen LogP contribution in [0.3, 0.4) is 0 Å². The van der Waals surface area contributed by atoms with Gasteiger partial charge in [-0.15, -0.1) is 0 Å². The van der Waals surface area contributed by atoms with E-state index in [2.05, 4.69) is 5.32 Å². The fourth-order valence-electron chi connectivity index (χ4n) is 2.26. The molecule has 1 heterocycles. The van der Waals surface area contributed by atoms with Crippen molar-refractivity contribution >= 4 is 29.1 Å². The van der Waals surface area contributed by atoms with Crippen LogP contribution in [-0.2, 0) is 14.3 Å². The van der Waals surface area contributed by atoms with Gasteiger partial charge < -0.3 is 20.7 Å². The molecule has 1 aliphatic heterocycles. The van der Waals surface area contributed by atoms with Crippen LogP contribution in [0.1, 0.15) is 6.42 Å². The third-order valence-corrected chi connectivity index (χ3v) is 3.73. The number of nitrogens with one attached hydrogen (secondary N) is 1. The Morgan fingerprint density at radius 2 is 2.36 bits per heavy atom. The summed E-state index contributed by atoms with van der Waals surface area (Å²) in [5.74, 6) is -1.36. The maximum Gasteiger partial charge on any atom is 0.249 e. The number of benzene rings is 1. The molecule has 0 bridgehead atoms. The highest BCUT2D eigenvalue weighted by Crippen LogP contribution is 2.25. The second kappa shape index (κ2) is 7.04. The topological polar surface area (TPSA) is 84.7 Å². The highest BCUT2D eigenvalue weighted by atomic mass is 35.5. The highest BCUT2D eigenvalue weighted by molar-refractivity contribution is 6.30. The van der Waals surface area contributed by atoms with E-state index < -0.39 is 23.8 Å². The fourth-order valence-corrected chi connectivity index (χ4v) is 2.37. The van der Waals surface area contributed by atoms with E-state index in [0.29, 0.717) is 18.7 Å². The van der Waals surface area contributed by atoms with Gasteiger partial charge in [0.05, 0.1) is 11.6 Å². The largest absolute Gasteiger partial charge is 0.383 e. The van der Waals surface area contributed by atoms with E-state index in [1.807, 2.05) is 0 Å². The molecule has 1 aliphatic rings. The number of hydrogen-bond acceptors (Lipinski definition) is 4. The molecule has 1 saturated heterocycles. The van der Waals surface area contributed by atoms with Gasteiger partial charge in [-0.25, -0.2) is 4.39 Å². The molecule has 0 saturated carbocycles. The average Bonchev–Trinajstić information content (AvgIpc) is 2.83. The van der Waals surface area contributed by atoms with Crippen molar-refractivity contribution in [2.45, 2.75) is 18.5 Å². The van der Waals surface area contributed by atoms with Crippen LogP contribution in [0, 0.1) is 5.82 Å². The molecule has 0 aliphatic carbocycles. The summed E-state index contributed by atoms with van der Waals surface area (Å²) in [6.45, 7) is 0.448. The van der Waals surface area contributed by atoms with Crippen LogP contribution in [0.15, 0.2) is 18.2 Å². The van der Waals surface area contributed by atoms with Crippen molar-refractivity contribution in [2.75, 3.05) is 25.2 Å². The Balaban J connectivity index is 2.03. The van der Waals surface area contributed by atoms with Gasteiger partial charge in [0.1, 0.15) is 17.9 Å². The number of methoxy groups -OCH3 is 1. The first-order valence-electron chi connectivity index (χ1n) is 6.75. The first kappa shape index (κ1) is 16.7. The molecule has 2 atom stereocenters. The molecular formula is C14H17ClFN3O3. The van der Waals surface area contributed by atoms with E-state index in [4.69, 9.17) is 22.1 Å². The SMILES string of the molecule is COCC(N)C(=O)NC1CCN(c2ccc(Cl)c(F)c2)C1=O. The van der Waals surface area contributed by atoms with Crippen LogP contribution in [0.4, 0.5) is 10.1 Å². The Morgan fingerprint density at radius 1 is 1.64 bits per heavy atom. The number of nitrogens with zero attached hydrogens (tertiary/aromatic N) is 1. The van der Waals surface area contributed by atoms with E-state index in [1.54, 1.807) is 6.07 Å². The number of rotatable bonds is 5. The summed E-state index contributed by atoms with van der Waals surface area (Å²) in [6, 6.07) is 2.64. The van der Waals surface area contributed by atoms with Gasteiger partial charge in [-0.2, -0.15) is 0 Å². The van der Waals surface area contributed by atoms with Gasteiger partial charge in [0.2, 0.25) is 11.8 Å². The Hall–Kier alpha value is -1.70. The van der Waals surface area contributed by atoms with Crippen molar-refractivity contribution in [3.63, 3.8) is 0 Å². The molecule has 22 heavy (non-hydrogen) atoms.